The predicted octanol–water partition coefficient (Wildman–Crippen LogP) is 1.54. The number of ether oxygens (including phenoxy) is 1. The number of hydrogen-bond acceptors (Lipinski definition) is 7. The van der Waals surface area contributed by atoms with Crippen molar-refractivity contribution in [2.24, 2.45) is 5.84 Å². The second-order valence-electron chi connectivity index (χ2n) is 4.11. The molecule has 0 aliphatic rings. The van der Waals surface area contributed by atoms with Crippen LogP contribution in [0.5, 0.6) is 5.75 Å². The van der Waals surface area contributed by atoms with Gasteiger partial charge in [-0.15, -0.1) is 11.3 Å². The summed E-state index contributed by atoms with van der Waals surface area (Å²) < 4.78 is 5.54. The predicted molar refractivity (Wildman–Crippen MR) is 75.9 cm³/mol. The van der Waals surface area contributed by atoms with Crippen LogP contribution in [0.25, 0.3) is 0 Å². The minimum atomic E-state index is -0.463. The number of nitrogen functional groups attached to an aromatic ring is 1. The number of nitro benzene ring substituents is 1. The molecule has 1 aromatic carbocycles. The van der Waals surface area contributed by atoms with Crippen LogP contribution in [0.15, 0.2) is 23.6 Å². The zero-order chi connectivity index (χ0) is 15.4. The minimum absolute atomic E-state index is 0.00964. The summed E-state index contributed by atoms with van der Waals surface area (Å²) in [6.45, 7) is 1.88. The Bertz CT molecular complexity index is 686. The average Bonchev–Trinajstić information content (AvgIpc) is 2.93. The number of non-ortho nitro benzene ring substituents is 1. The highest BCUT2D eigenvalue weighted by molar-refractivity contribution is 7.11. The molecule has 1 heterocycles. The van der Waals surface area contributed by atoms with Gasteiger partial charge in [0.15, 0.2) is 5.01 Å². The fourth-order valence-electron chi connectivity index (χ4n) is 1.60. The smallest absolute Gasteiger partial charge is 0.294 e. The summed E-state index contributed by atoms with van der Waals surface area (Å²) >= 11 is 1.16. The van der Waals surface area contributed by atoms with E-state index in [9.17, 15) is 14.9 Å². The lowest BCUT2D eigenvalue weighted by atomic mass is 10.2. The number of nitrogens with zero attached hydrogens (tertiary/aromatic N) is 2. The van der Waals surface area contributed by atoms with Crippen molar-refractivity contribution in [1.82, 2.24) is 10.4 Å². The molecule has 0 unspecified atom stereocenters. The van der Waals surface area contributed by atoms with Gasteiger partial charge >= 0.3 is 0 Å². The van der Waals surface area contributed by atoms with Crippen molar-refractivity contribution in [2.45, 2.75) is 13.5 Å². The number of carbonyl (C=O) groups is 1. The number of hydrazine groups is 1. The summed E-state index contributed by atoms with van der Waals surface area (Å²) in [6.07, 6.45) is 0. The number of hydrogen-bond donors (Lipinski definition) is 2. The Morgan fingerprint density at radius 3 is 2.95 bits per heavy atom. The van der Waals surface area contributed by atoms with Crippen LogP contribution in [0.3, 0.4) is 0 Å². The van der Waals surface area contributed by atoms with Crippen LogP contribution in [-0.2, 0) is 6.61 Å². The number of carbonyl (C=O) groups excluding carboxylic acids is 1. The third kappa shape index (κ3) is 3.52. The molecule has 0 spiro atoms. The molecule has 0 bridgehead atoms. The van der Waals surface area contributed by atoms with Crippen LogP contribution in [0.4, 0.5) is 5.69 Å². The molecule has 8 nitrogen and oxygen atoms in total. The van der Waals surface area contributed by atoms with E-state index in [2.05, 4.69) is 4.98 Å². The largest absolute Gasteiger partial charge is 0.487 e. The van der Waals surface area contributed by atoms with Gasteiger partial charge in [-0.2, -0.15) is 0 Å². The molecule has 0 aliphatic carbocycles. The van der Waals surface area contributed by atoms with E-state index in [1.807, 2.05) is 5.43 Å². The number of rotatable bonds is 5. The number of nitrogens with two attached hydrogens (primary N) is 1. The molecule has 21 heavy (non-hydrogen) atoms. The van der Waals surface area contributed by atoms with E-state index in [4.69, 9.17) is 10.6 Å². The molecule has 0 aliphatic heterocycles. The Morgan fingerprint density at radius 1 is 1.57 bits per heavy atom. The number of nitro groups is 1. The zero-order valence-corrected chi connectivity index (χ0v) is 11.8. The maximum Gasteiger partial charge on any atom is 0.294 e. The van der Waals surface area contributed by atoms with Crippen molar-refractivity contribution >= 4 is 22.9 Å². The molecule has 1 aromatic heterocycles. The van der Waals surface area contributed by atoms with Crippen LogP contribution in [-0.4, -0.2) is 15.8 Å². The van der Waals surface area contributed by atoms with Gasteiger partial charge in [0.1, 0.15) is 12.4 Å². The Hall–Kier alpha value is -2.52. The van der Waals surface area contributed by atoms with Gasteiger partial charge in [-0.05, 0) is 18.6 Å². The molecule has 0 saturated heterocycles. The molecule has 0 saturated carbocycles. The summed E-state index contributed by atoms with van der Waals surface area (Å²) in [4.78, 5) is 25.5. The maximum atomic E-state index is 11.3. The number of thiazole rings is 1. The average molecular weight is 308 g/mol. The van der Waals surface area contributed by atoms with Gasteiger partial charge in [0.05, 0.1) is 10.6 Å². The van der Waals surface area contributed by atoms with Crippen molar-refractivity contribution in [2.75, 3.05) is 0 Å². The van der Waals surface area contributed by atoms with Gasteiger partial charge in [0.25, 0.3) is 11.6 Å². The topological polar surface area (TPSA) is 120 Å². The number of aryl methyl sites for hydroxylation is 1. The molecular formula is C12H12N4O4S. The van der Waals surface area contributed by atoms with Crippen molar-refractivity contribution in [3.05, 3.63) is 50.0 Å². The molecule has 0 radical (unpaired) electrons. The Kier molecular flexibility index (Phi) is 4.45. The fourth-order valence-corrected chi connectivity index (χ4v) is 2.30. The summed E-state index contributed by atoms with van der Waals surface area (Å²) in [5.41, 5.74) is 3.24. The lowest BCUT2D eigenvalue weighted by Gasteiger charge is -2.07. The molecule has 0 atom stereocenters. The van der Waals surface area contributed by atoms with Crippen LogP contribution < -0.4 is 16.0 Å². The van der Waals surface area contributed by atoms with Crippen LogP contribution >= 0.6 is 11.3 Å². The van der Waals surface area contributed by atoms with Gasteiger partial charge in [-0.25, -0.2) is 10.8 Å². The SMILES string of the molecule is Cc1cc([N+](=O)[O-])ccc1OCc1csc(C(=O)NN)n1. The maximum absolute atomic E-state index is 11.3. The summed E-state index contributed by atoms with van der Waals surface area (Å²) in [5, 5.41) is 12.6. The number of benzene rings is 1. The van der Waals surface area contributed by atoms with Crippen LogP contribution in [0.2, 0.25) is 0 Å². The molecule has 1 amide bonds. The zero-order valence-electron chi connectivity index (χ0n) is 11.0. The molecule has 2 rings (SSSR count). The van der Waals surface area contributed by atoms with Gasteiger partial charge in [0, 0.05) is 17.5 Å². The monoisotopic (exact) mass is 308 g/mol. The summed E-state index contributed by atoms with van der Waals surface area (Å²) in [5.74, 6) is 5.08. The van der Waals surface area contributed by atoms with Gasteiger partial charge in [-0.1, -0.05) is 0 Å². The minimum Gasteiger partial charge on any atom is -0.487 e. The lowest BCUT2D eigenvalue weighted by molar-refractivity contribution is -0.384. The standard InChI is InChI=1S/C12H12N4O4S/c1-7-4-9(16(18)19)2-3-10(7)20-5-8-6-21-12(14-8)11(17)15-13/h2-4,6H,5,13H2,1H3,(H,15,17). The Balaban J connectivity index is 2.04. The molecule has 9 heteroatoms. The molecule has 0 fully saturated rings. The molecule has 3 N–H and O–H groups in total. The van der Waals surface area contributed by atoms with Crippen molar-refractivity contribution in [3.8, 4) is 5.75 Å². The van der Waals surface area contributed by atoms with Gasteiger partial charge in [0.2, 0.25) is 0 Å². The van der Waals surface area contributed by atoms with Crippen LogP contribution in [0.1, 0.15) is 21.1 Å². The first-order valence-electron chi connectivity index (χ1n) is 5.84. The fraction of sp³-hybridized carbons (Fsp3) is 0.167. The van der Waals surface area contributed by atoms with E-state index in [1.54, 1.807) is 12.3 Å². The second kappa shape index (κ2) is 6.29. The highest BCUT2D eigenvalue weighted by Gasteiger charge is 2.12. The normalized spacial score (nSPS) is 10.2. The highest BCUT2D eigenvalue weighted by atomic mass is 32.1. The first-order chi connectivity index (χ1) is 10.0. The van der Waals surface area contributed by atoms with E-state index in [1.165, 1.54) is 18.2 Å². The van der Waals surface area contributed by atoms with E-state index >= 15 is 0 Å². The third-order valence-electron chi connectivity index (χ3n) is 2.62. The first kappa shape index (κ1) is 14.9. The van der Waals surface area contributed by atoms with Gasteiger partial charge < -0.3 is 4.74 Å². The second-order valence-corrected chi connectivity index (χ2v) is 4.97. The lowest BCUT2D eigenvalue weighted by Crippen LogP contribution is -2.29. The van der Waals surface area contributed by atoms with E-state index in [0.717, 1.165) is 11.3 Å². The molecule has 110 valence electrons. The Labute approximate surface area is 123 Å². The van der Waals surface area contributed by atoms with Gasteiger partial charge in [-0.3, -0.25) is 20.3 Å². The molecular weight excluding hydrogens is 296 g/mol. The number of amides is 1. The van der Waals surface area contributed by atoms with E-state index in [0.29, 0.717) is 17.0 Å². The third-order valence-corrected chi connectivity index (χ3v) is 3.51. The summed E-state index contributed by atoms with van der Waals surface area (Å²) in [6, 6.07) is 4.34. The van der Waals surface area contributed by atoms with Crippen LogP contribution in [0, 0.1) is 17.0 Å². The van der Waals surface area contributed by atoms with E-state index in [-0.39, 0.29) is 17.3 Å². The van der Waals surface area contributed by atoms with Crippen molar-refractivity contribution in [1.29, 1.82) is 0 Å². The first-order valence-corrected chi connectivity index (χ1v) is 6.72. The van der Waals surface area contributed by atoms with Crippen molar-refractivity contribution in [3.63, 3.8) is 0 Å². The highest BCUT2D eigenvalue weighted by Crippen LogP contribution is 2.24. The quantitative estimate of drug-likeness (QED) is 0.374. The Morgan fingerprint density at radius 2 is 2.33 bits per heavy atom. The van der Waals surface area contributed by atoms with E-state index < -0.39 is 10.8 Å². The number of aromatic nitrogens is 1. The molecule has 2 aromatic rings. The summed E-state index contributed by atoms with van der Waals surface area (Å²) in [7, 11) is 0. The number of nitrogens with one attached hydrogen (secondary N) is 1. The van der Waals surface area contributed by atoms with Crippen molar-refractivity contribution < 1.29 is 14.5 Å².